The first kappa shape index (κ1) is 17.4. The van der Waals surface area contributed by atoms with Crippen LogP contribution in [0.3, 0.4) is 0 Å². The van der Waals surface area contributed by atoms with Gasteiger partial charge in [0.25, 0.3) is 5.91 Å². The van der Waals surface area contributed by atoms with Gasteiger partial charge >= 0.3 is 5.97 Å². The molecule has 1 heterocycles. The van der Waals surface area contributed by atoms with E-state index in [9.17, 15) is 9.59 Å². The zero-order chi connectivity index (χ0) is 17.5. The monoisotopic (exact) mass is 355 g/mol. The quantitative estimate of drug-likeness (QED) is 0.632. The summed E-state index contributed by atoms with van der Waals surface area (Å²) in [5.74, 6) is -0.700. The number of nitrogens with one attached hydrogen (secondary N) is 1. The van der Waals surface area contributed by atoms with E-state index in [1.807, 2.05) is 53.9 Å². The molecule has 5 heteroatoms. The summed E-state index contributed by atoms with van der Waals surface area (Å²) in [5, 5.41) is 4.95. The van der Waals surface area contributed by atoms with Crippen LogP contribution in [-0.2, 0) is 14.3 Å². The Morgan fingerprint density at radius 3 is 2.68 bits per heavy atom. The molecule has 2 unspecified atom stereocenters. The second kappa shape index (κ2) is 8.62. The number of benzene rings is 1. The van der Waals surface area contributed by atoms with E-state index in [2.05, 4.69) is 11.4 Å². The third-order valence-electron chi connectivity index (χ3n) is 4.21. The lowest BCUT2D eigenvalue weighted by Gasteiger charge is -2.19. The van der Waals surface area contributed by atoms with Gasteiger partial charge in [-0.15, -0.1) is 11.3 Å². The maximum atomic E-state index is 12.3. The van der Waals surface area contributed by atoms with Gasteiger partial charge in [0.1, 0.15) is 0 Å². The third-order valence-corrected chi connectivity index (χ3v) is 5.15. The number of esters is 1. The smallest absolute Gasteiger partial charge is 0.309 e. The Hall–Kier alpha value is -2.40. The Balaban J connectivity index is 1.59. The molecule has 2 atom stereocenters. The topological polar surface area (TPSA) is 55.4 Å². The molecule has 1 aliphatic carbocycles. The molecule has 0 bridgehead atoms. The molecule has 1 aliphatic rings. The number of amides is 1. The molecule has 4 nitrogen and oxygen atoms in total. The highest BCUT2D eigenvalue weighted by Crippen LogP contribution is 2.26. The van der Waals surface area contributed by atoms with Crippen molar-refractivity contribution in [2.24, 2.45) is 5.92 Å². The lowest BCUT2D eigenvalue weighted by molar-refractivity contribution is -0.153. The summed E-state index contributed by atoms with van der Waals surface area (Å²) in [4.78, 5) is 25.4. The molecule has 0 fully saturated rings. The van der Waals surface area contributed by atoms with Gasteiger partial charge < -0.3 is 10.1 Å². The summed E-state index contributed by atoms with van der Waals surface area (Å²) in [6.07, 6.45) is 6.45. The summed E-state index contributed by atoms with van der Waals surface area (Å²) in [5.41, 5.74) is 1.00. The Morgan fingerprint density at radius 1 is 1.16 bits per heavy atom. The Morgan fingerprint density at radius 2 is 2.00 bits per heavy atom. The number of thiophene rings is 1. The Kier molecular flexibility index (Phi) is 6.01. The molecule has 0 radical (unpaired) electrons. The van der Waals surface area contributed by atoms with Crippen molar-refractivity contribution in [1.29, 1.82) is 0 Å². The lowest BCUT2D eigenvalue weighted by atomic mass is 9.95. The number of allylic oxidation sites excluding steroid dienone is 2. The molecular formula is C20H21NO3S. The molecule has 25 heavy (non-hydrogen) atoms. The normalized spacial score (nSPS) is 17.7. The van der Waals surface area contributed by atoms with E-state index < -0.39 is 0 Å². The second-order valence-electron chi connectivity index (χ2n) is 6.02. The van der Waals surface area contributed by atoms with Gasteiger partial charge in [0.2, 0.25) is 0 Å². The highest BCUT2D eigenvalue weighted by Gasteiger charge is 2.22. The molecule has 2 aromatic rings. The van der Waals surface area contributed by atoms with Gasteiger partial charge in [-0.2, -0.15) is 0 Å². The summed E-state index contributed by atoms with van der Waals surface area (Å²) in [6.45, 7) is -0.242. The highest BCUT2D eigenvalue weighted by molar-refractivity contribution is 7.10. The van der Waals surface area contributed by atoms with E-state index in [4.69, 9.17) is 4.74 Å². The van der Waals surface area contributed by atoms with Gasteiger partial charge in [0.05, 0.1) is 12.0 Å². The van der Waals surface area contributed by atoms with Crippen molar-refractivity contribution in [1.82, 2.24) is 5.32 Å². The van der Waals surface area contributed by atoms with E-state index in [0.717, 1.165) is 23.3 Å². The van der Waals surface area contributed by atoms with Crippen LogP contribution in [0.4, 0.5) is 0 Å². The minimum atomic E-state index is -0.290. The van der Waals surface area contributed by atoms with E-state index in [1.54, 1.807) is 11.3 Å². The Labute approximate surface area is 151 Å². The van der Waals surface area contributed by atoms with Crippen molar-refractivity contribution in [3.63, 3.8) is 0 Å². The fraction of sp³-hybridized carbons (Fsp3) is 0.300. The fourth-order valence-electron chi connectivity index (χ4n) is 2.88. The van der Waals surface area contributed by atoms with Crippen molar-refractivity contribution in [2.45, 2.75) is 25.3 Å². The first-order chi connectivity index (χ1) is 12.2. The lowest BCUT2D eigenvalue weighted by Crippen LogP contribution is -2.33. The number of rotatable bonds is 6. The van der Waals surface area contributed by atoms with Crippen LogP contribution in [0.1, 0.15) is 35.7 Å². The molecule has 1 aromatic heterocycles. The first-order valence-electron chi connectivity index (χ1n) is 8.43. The fourth-order valence-corrected chi connectivity index (χ4v) is 3.69. The van der Waals surface area contributed by atoms with Gasteiger partial charge in [-0.1, -0.05) is 48.6 Å². The van der Waals surface area contributed by atoms with Crippen molar-refractivity contribution in [3.8, 4) is 0 Å². The molecule has 3 rings (SSSR count). The summed E-state index contributed by atoms with van der Waals surface area (Å²) >= 11 is 1.58. The van der Waals surface area contributed by atoms with E-state index in [-0.39, 0.29) is 30.4 Å². The van der Waals surface area contributed by atoms with Crippen molar-refractivity contribution < 1.29 is 14.3 Å². The number of ether oxygens (including phenoxy) is 1. The van der Waals surface area contributed by atoms with Gasteiger partial charge in [-0.05, 0) is 36.3 Å². The number of hydrogen-bond acceptors (Lipinski definition) is 4. The van der Waals surface area contributed by atoms with Crippen LogP contribution >= 0.6 is 11.3 Å². The largest absolute Gasteiger partial charge is 0.455 e. The van der Waals surface area contributed by atoms with E-state index >= 15 is 0 Å². The zero-order valence-electron chi connectivity index (χ0n) is 13.9. The van der Waals surface area contributed by atoms with Crippen molar-refractivity contribution in [3.05, 3.63) is 70.4 Å². The summed E-state index contributed by atoms with van der Waals surface area (Å²) < 4.78 is 5.22. The highest BCUT2D eigenvalue weighted by atomic mass is 32.1. The molecule has 0 spiro atoms. The molecule has 130 valence electrons. The maximum absolute atomic E-state index is 12.3. The van der Waals surface area contributed by atoms with Crippen molar-refractivity contribution in [2.75, 3.05) is 6.61 Å². The van der Waals surface area contributed by atoms with E-state index in [0.29, 0.717) is 6.42 Å². The van der Waals surface area contributed by atoms with Crippen LogP contribution in [0.2, 0.25) is 0 Å². The minimum Gasteiger partial charge on any atom is -0.455 e. The predicted octanol–water partition coefficient (Wildman–Crippen LogP) is 3.85. The second-order valence-corrected chi connectivity index (χ2v) is 6.99. The van der Waals surface area contributed by atoms with Crippen LogP contribution in [0.25, 0.3) is 0 Å². The molecule has 0 saturated carbocycles. The minimum absolute atomic E-state index is 0.125. The van der Waals surface area contributed by atoms with Crippen LogP contribution in [0.5, 0.6) is 0 Å². The molecule has 1 N–H and O–H groups in total. The molecule has 0 aliphatic heterocycles. The van der Waals surface area contributed by atoms with Gasteiger partial charge in [-0.3, -0.25) is 9.59 Å². The molecule has 0 saturated heterocycles. The average Bonchev–Trinajstić information content (AvgIpc) is 3.20. The molecule has 1 amide bonds. The number of carbonyl (C=O) groups excluding carboxylic acids is 2. The predicted molar refractivity (Wildman–Crippen MR) is 98.2 cm³/mol. The number of hydrogen-bond donors (Lipinski definition) is 1. The number of carbonyl (C=O) groups is 2. The van der Waals surface area contributed by atoms with E-state index in [1.165, 1.54) is 0 Å². The Bertz CT molecular complexity index is 725. The molecule has 1 aromatic carbocycles. The van der Waals surface area contributed by atoms with Crippen molar-refractivity contribution >= 4 is 23.2 Å². The van der Waals surface area contributed by atoms with Gasteiger partial charge in [-0.25, -0.2) is 0 Å². The summed E-state index contributed by atoms with van der Waals surface area (Å²) in [6, 6.07) is 13.5. The van der Waals surface area contributed by atoms with Crippen LogP contribution in [0.15, 0.2) is 60.0 Å². The SMILES string of the molecule is O=C(COC(=O)C1CC=CCC1)NC(c1ccccc1)c1cccs1. The zero-order valence-corrected chi connectivity index (χ0v) is 14.7. The van der Waals surface area contributed by atoms with Crippen LogP contribution in [-0.4, -0.2) is 18.5 Å². The van der Waals surface area contributed by atoms with Gasteiger partial charge in [0, 0.05) is 4.88 Å². The molecular weight excluding hydrogens is 334 g/mol. The van der Waals surface area contributed by atoms with Gasteiger partial charge in [0.15, 0.2) is 6.61 Å². The third kappa shape index (κ3) is 4.79. The van der Waals surface area contributed by atoms with Crippen LogP contribution in [0, 0.1) is 5.92 Å². The first-order valence-corrected chi connectivity index (χ1v) is 9.31. The average molecular weight is 355 g/mol. The van der Waals surface area contributed by atoms with Crippen LogP contribution < -0.4 is 5.32 Å². The summed E-state index contributed by atoms with van der Waals surface area (Å²) in [7, 11) is 0. The maximum Gasteiger partial charge on any atom is 0.309 e. The standard InChI is InChI=1S/C20H21NO3S/c22-18(14-24-20(23)16-10-5-2-6-11-16)21-19(17-12-7-13-25-17)15-8-3-1-4-9-15/h1-5,7-9,12-13,16,19H,6,10-11,14H2,(H,21,22).